The molecule has 0 aliphatic heterocycles. The van der Waals surface area contributed by atoms with Crippen molar-refractivity contribution >= 4 is 23.3 Å². The van der Waals surface area contributed by atoms with E-state index in [-0.39, 0.29) is 0 Å². The minimum atomic E-state index is 0.714. The fourth-order valence-electron chi connectivity index (χ4n) is 2.43. The monoisotopic (exact) mass is 340 g/mol. The van der Waals surface area contributed by atoms with Gasteiger partial charge in [-0.1, -0.05) is 24.3 Å². The number of nitrogens with one attached hydrogen (secondary N) is 2. The summed E-state index contributed by atoms with van der Waals surface area (Å²) in [6.07, 6.45) is 3.47. The molecule has 0 saturated heterocycles. The normalized spacial score (nSPS) is 10.3. The van der Waals surface area contributed by atoms with E-state index in [0.717, 1.165) is 23.0 Å². The summed E-state index contributed by atoms with van der Waals surface area (Å²) in [7, 11) is 0. The number of anilines is 4. The van der Waals surface area contributed by atoms with Crippen molar-refractivity contribution in [3.05, 3.63) is 85.2 Å². The van der Waals surface area contributed by atoms with Gasteiger partial charge < -0.3 is 10.6 Å². The summed E-state index contributed by atoms with van der Waals surface area (Å²) in [5.41, 5.74) is 1.55. The molecule has 6 nitrogen and oxygen atoms in total. The second kappa shape index (κ2) is 7.40. The van der Waals surface area contributed by atoms with Crippen LogP contribution in [0.25, 0.3) is 11.4 Å². The summed E-state index contributed by atoms with van der Waals surface area (Å²) in [4.78, 5) is 17.8. The van der Waals surface area contributed by atoms with E-state index < -0.39 is 0 Å². The molecule has 4 aromatic rings. The van der Waals surface area contributed by atoms with Gasteiger partial charge in [-0.25, -0.2) is 19.9 Å². The largest absolute Gasteiger partial charge is 0.325 e. The van der Waals surface area contributed by atoms with Gasteiger partial charge >= 0.3 is 0 Å². The van der Waals surface area contributed by atoms with E-state index in [1.165, 1.54) is 0 Å². The van der Waals surface area contributed by atoms with Crippen molar-refractivity contribution < 1.29 is 0 Å². The first kappa shape index (κ1) is 15.7. The van der Waals surface area contributed by atoms with Crippen LogP contribution in [-0.4, -0.2) is 19.9 Å². The summed E-state index contributed by atoms with van der Waals surface area (Å²) in [5, 5.41) is 6.39. The van der Waals surface area contributed by atoms with Gasteiger partial charge in [0.05, 0.1) is 11.4 Å². The molecule has 0 fully saturated rings. The van der Waals surface area contributed by atoms with Crippen LogP contribution in [0.4, 0.5) is 23.3 Å². The van der Waals surface area contributed by atoms with Gasteiger partial charge in [0.25, 0.3) is 0 Å². The summed E-state index contributed by atoms with van der Waals surface area (Å²) in [6, 6.07) is 22.9. The second-order valence-corrected chi connectivity index (χ2v) is 5.50. The molecule has 0 amide bonds. The number of rotatable bonds is 5. The lowest BCUT2D eigenvalue weighted by atomic mass is 10.2. The lowest BCUT2D eigenvalue weighted by Gasteiger charge is -2.08. The SMILES string of the molecule is c1ccc(Nc2cccc(-c3cccc(Nc4ccccn4)n3)n2)nc1. The Hall–Kier alpha value is -3.80. The van der Waals surface area contributed by atoms with Crippen LogP contribution in [0.1, 0.15) is 0 Å². The number of nitrogens with zero attached hydrogens (tertiary/aromatic N) is 4. The van der Waals surface area contributed by atoms with Crippen molar-refractivity contribution in [3.8, 4) is 11.4 Å². The first-order chi connectivity index (χ1) is 12.9. The number of pyridine rings is 4. The summed E-state index contributed by atoms with van der Waals surface area (Å²) < 4.78 is 0. The molecule has 0 spiro atoms. The molecule has 4 heterocycles. The zero-order valence-electron chi connectivity index (χ0n) is 13.9. The van der Waals surface area contributed by atoms with Crippen LogP contribution < -0.4 is 10.6 Å². The number of aromatic nitrogens is 4. The highest BCUT2D eigenvalue weighted by Gasteiger charge is 2.05. The Balaban J connectivity index is 1.57. The molecule has 0 saturated carbocycles. The lowest BCUT2D eigenvalue weighted by Crippen LogP contribution is -1.99. The fourth-order valence-corrected chi connectivity index (χ4v) is 2.43. The molecular formula is C20H16N6. The highest BCUT2D eigenvalue weighted by atomic mass is 15.1. The third-order valence-corrected chi connectivity index (χ3v) is 3.60. The third kappa shape index (κ3) is 3.81. The molecule has 4 rings (SSSR count). The molecule has 0 aliphatic carbocycles. The Kier molecular flexibility index (Phi) is 4.47. The number of hydrogen-bond acceptors (Lipinski definition) is 6. The smallest absolute Gasteiger partial charge is 0.132 e. The first-order valence-corrected chi connectivity index (χ1v) is 8.17. The van der Waals surface area contributed by atoms with E-state index in [1.807, 2.05) is 72.8 Å². The highest BCUT2D eigenvalue weighted by molar-refractivity contribution is 5.63. The van der Waals surface area contributed by atoms with Crippen molar-refractivity contribution in [1.29, 1.82) is 0 Å². The van der Waals surface area contributed by atoms with Gasteiger partial charge in [0, 0.05) is 12.4 Å². The van der Waals surface area contributed by atoms with Gasteiger partial charge in [-0.2, -0.15) is 0 Å². The molecule has 2 N–H and O–H groups in total. The fraction of sp³-hybridized carbons (Fsp3) is 0. The zero-order chi connectivity index (χ0) is 17.6. The van der Waals surface area contributed by atoms with E-state index in [2.05, 4.69) is 30.6 Å². The molecule has 4 aromatic heterocycles. The van der Waals surface area contributed by atoms with Crippen molar-refractivity contribution in [2.75, 3.05) is 10.6 Å². The minimum Gasteiger partial charge on any atom is -0.325 e. The molecular weight excluding hydrogens is 324 g/mol. The molecule has 0 aromatic carbocycles. The molecule has 0 atom stereocenters. The summed E-state index contributed by atoms with van der Waals surface area (Å²) in [5.74, 6) is 2.92. The van der Waals surface area contributed by atoms with Crippen molar-refractivity contribution in [2.45, 2.75) is 0 Å². The van der Waals surface area contributed by atoms with Crippen LogP contribution in [0.2, 0.25) is 0 Å². The number of hydrogen-bond donors (Lipinski definition) is 2. The average Bonchev–Trinajstić information content (AvgIpc) is 2.70. The van der Waals surface area contributed by atoms with E-state index in [4.69, 9.17) is 0 Å². The molecule has 0 radical (unpaired) electrons. The molecule has 126 valence electrons. The van der Waals surface area contributed by atoms with E-state index in [9.17, 15) is 0 Å². The van der Waals surface area contributed by atoms with E-state index in [1.54, 1.807) is 12.4 Å². The average molecular weight is 340 g/mol. The van der Waals surface area contributed by atoms with E-state index >= 15 is 0 Å². The molecule has 6 heteroatoms. The minimum absolute atomic E-state index is 0.714. The molecule has 0 unspecified atom stereocenters. The maximum Gasteiger partial charge on any atom is 0.132 e. The van der Waals surface area contributed by atoms with Gasteiger partial charge in [-0.3, -0.25) is 0 Å². The molecule has 0 bridgehead atoms. The Bertz CT molecular complexity index is 906. The Morgan fingerprint density at radius 1 is 0.462 bits per heavy atom. The topological polar surface area (TPSA) is 75.6 Å². The Morgan fingerprint density at radius 3 is 1.35 bits per heavy atom. The molecule has 26 heavy (non-hydrogen) atoms. The Morgan fingerprint density at radius 2 is 0.923 bits per heavy atom. The second-order valence-electron chi connectivity index (χ2n) is 5.50. The quantitative estimate of drug-likeness (QED) is 0.560. The van der Waals surface area contributed by atoms with Gasteiger partial charge in [-0.15, -0.1) is 0 Å². The van der Waals surface area contributed by atoms with Crippen molar-refractivity contribution in [3.63, 3.8) is 0 Å². The zero-order valence-corrected chi connectivity index (χ0v) is 13.9. The maximum absolute atomic E-state index is 4.63. The van der Waals surface area contributed by atoms with Crippen LogP contribution >= 0.6 is 0 Å². The van der Waals surface area contributed by atoms with Crippen LogP contribution in [0.15, 0.2) is 85.2 Å². The summed E-state index contributed by atoms with van der Waals surface area (Å²) in [6.45, 7) is 0. The predicted molar refractivity (Wildman–Crippen MR) is 103 cm³/mol. The predicted octanol–water partition coefficient (Wildman–Crippen LogP) is 4.42. The summed E-state index contributed by atoms with van der Waals surface area (Å²) >= 11 is 0. The van der Waals surface area contributed by atoms with E-state index in [0.29, 0.717) is 11.6 Å². The van der Waals surface area contributed by atoms with Crippen LogP contribution in [0, 0.1) is 0 Å². The van der Waals surface area contributed by atoms with Crippen LogP contribution in [-0.2, 0) is 0 Å². The first-order valence-electron chi connectivity index (χ1n) is 8.17. The van der Waals surface area contributed by atoms with Gasteiger partial charge in [0.1, 0.15) is 23.3 Å². The Labute approximate surface area is 151 Å². The third-order valence-electron chi connectivity index (χ3n) is 3.60. The molecule has 0 aliphatic rings. The lowest BCUT2D eigenvalue weighted by molar-refractivity contribution is 1.21. The van der Waals surface area contributed by atoms with Gasteiger partial charge in [0.15, 0.2) is 0 Å². The van der Waals surface area contributed by atoms with Gasteiger partial charge in [0.2, 0.25) is 0 Å². The van der Waals surface area contributed by atoms with Crippen LogP contribution in [0.3, 0.4) is 0 Å². The standard InChI is InChI=1S/C20H16N6/c1-3-13-21-17(9-1)25-19-11-5-7-15(23-19)16-8-6-12-20(24-16)26-18-10-2-4-14-22-18/h1-14H,(H,21,23,25)(H,22,24,26). The highest BCUT2D eigenvalue weighted by Crippen LogP contribution is 2.21. The van der Waals surface area contributed by atoms with Crippen LogP contribution in [0.5, 0.6) is 0 Å². The van der Waals surface area contributed by atoms with Crippen molar-refractivity contribution in [2.24, 2.45) is 0 Å². The maximum atomic E-state index is 4.63. The van der Waals surface area contributed by atoms with Crippen molar-refractivity contribution in [1.82, 2.24) is 19.9 Å². The van der Waals surface area contributed by atoms with Gasteiger partial charge in [-0.05, 0) is 48.5 Å².